The van der Waals surface area contributed by atoms with Gasteiger partial charge in [0.2, 0.25) is 0 Å². The number of rotatable bonds is 5. The molecule has 3 rings (SSSR count). The summed E-state index contributed by atoms with van der Waals surface area (Å²) in [4.78, 5) is 9.15. The van der Waals surface area contributed by atoms with Crippen molar-refractivity contribution in [3.8, 4) is 0 Å². The third-order valence-corrected chi connectivity index (χ3v) is 4.50. The molecule has 0 saturated carbocycles. The molecule has 20 heavy (non-hydrogen) atoms. The van der Waals surface area contributed by atoms with E-state index in [9.17, 15) is 0 Å². The molecule has 2 aromatic heterocycles. The molecule has 0 aromatic carbocycles. The van der Waals surface area contributed by atoms with E-state index in [-0.39, 0.29) is 0 Å². The summed E-state index contributed by atoms with van der Waals surface area (Å²) in [6.07, 6.45) is 4.57. The van der Waals surface area contributed by atoms with Gasteiger partial charge >= 0.3 is 0 Å². The van der Waals surface area contributed by atoms with Gasteiger partial charge in [-0.15, -0.1) is 0 Å². The Morgan fingerprint density at radius 3 is 3.15 bits per heavy atom. The lowest BCUT2D eigenvalue weighted by Crippen LogP contribution is -2.09. The molecule has 108 valence electrons. The van der Waals surface area contributed by atoms with Gasteiger partial charge in [0, 0.05) is 26.5 Å². The Labute approximate surface area is 122 Å². The van der Waals surface area contributed by atoms with Crippen LogP contribution < -0.4 is 5.32 Å². The van der Waals surface area contributed by atoms with E-state index < -0.39 is 0 Å². The van der Waals surface area contributed by atoms with Gasteiger partial charge in [-0.05, 0) is 12.8 Å². The summed E-state index contributed by atoms with van der Waals surface area (Å²) in [5, 5.41) is 8.31. The lowest BCUT2D eigenvalue weighted by Gasteiger charge is -2.09. The summed E-state index contributed by atoms with van der Waals surface area (Å²) in [5.74, 6) is 3.50. The highest BCUT2D eigenvalue weighted by Gasteiger charge is 2.16. The summed E-state index contributed by atoms with van der Waals surface area (Å²) in [6, 6.07) is 0. The molecule has 0 spiro atoms. The van der Waals surface area contributed by atoms with Crippen LogP contribution in [0.5, 0.6) is 0 Å². The summed E-state index contributed by atoms with van der Waals surface area (Å²) < 4.78 is 7.41. The SMILES string of the molecule is CNc1nc(CSCC2CCCO2)nc2c1cnn2C. The second-order valence-electron chi connectivity index (χ2n) is 4.89. The molecule has 1 saturated heterocycles. The second kappa shape index (κ2) is 5.97. The Hall–Kier alpha value is -1.34. The van der Waals surface area contributed by atoms with Crippen LogP contribution in [0.15, 0.2) is 6.20 Å². The highest BCUT2D eigenvalue weighted by Crippen LogP contribution is 2.22. The molecule has 2 aromatic rings. The molecule has 1 aliphatic heterocycles. The Balaban J connectivity index is 1.72. The summed E-state index contributed by atoms with van der Waals surface area (Å²) in [5.41, 5.74) is 0.872. The number of aromatic nitrogens is 4. The van der Waals surface area contributed by atoms with Crippen molar-refractivity contribution in [3.05, 3.63) is 12.0 Å². The molecule has 3 heterocycles. The second-order valence-corrected chi connectivity index (χ2v) is 5.92. The van der Waals surface area contributed by atoms with Crippen LogP contribution >= 0.6 is 11.8 Å². The van der Waals surface area contributed by atoms with Crippen LogP contribution in [0, 0.1) is 0 Å². The van der Waals surface area contributed by atoms with E-state index in [4.69, 9.17) is 4.74 Å². The lowest BCUT2D eigenvalue weighted by atomic mass is 10.3. The number of nitrogens with zero attached hydrogens (tertiary/aromatic N) is 4. The van der Waals surface area contributed by atoms with E-state index in [1.807, 2.05) is 25.9 Å². The third-order valence-electron chi connectivity index (χ3n) is 3.43. The number of aryl methyl sites for hydroxylation is 1. The fraction of sp³-hybridized carbons (Fsp3) is 0.615. The fourth-order valence-corrected chi connectivity index (χ4v) is 3.34. The van der Waals surface area contributed by atoms with Gasteiger partial charge in [0.05, 0.1) is 23.4 Å². The maximum Gasteiger partial charge on any atom is 0.163 e. The van der Waals surface area contributed by atoms with Gasteiger partial charge in [-0.3, -0.25) is 4.68 Å². The first-order valence-corrected chi connectivity index (χ1v) is 7.99. The van der Waals surface area contributed by atoms with E-state index in [0.29, 0.717) is 6.10 Å². The molecule has 1 aliphatic rings. The van der Waals surface area contributed by atoms with Crippen molar-refractivity contribution in [1.29, 1.82) is 0 Å². The van der Waals surface area contributed by atoms with E-state index in [2.05, 4.69) is 20.4 Å². The minimum Gasteiger partial charge on any atom is -0.377 e. The fourth-order valence-electron chi connectivity index (χ4n) is 2.38. The van der Waals surface area contributed by atoms with E-state index >= 15 is 0 Å². The summed E-state index contributed by atoms with van der Waals surface area (Å²) in [7, 11) is 3.77. The standard InChI is InChI=1S/C13H19N5OS/c1-14-12-10-6-15-18(2)13(10)17-11(16-12)8-20-7-9-4-3-5-19-9/h6,9H,3-5,7-8H2,1-2H3,(H,14,16,17). The molecule has 0 bridgehead atoms. The number of hydrogen-bond acceptors (Lipinski definition) is 6. The molecule has 0 radical (unpaired) electrons. The van der Waals surface area contributed by atoms with Crippen LogP contribution in [0.2, 0.25) is 0 Å². The maximum absolute atomic E-state index is 5.62. The highest BCUT2D eigenvalue weighted by molar-refractivity contribution is 7.98. The van der Waals surface area contributed by atoms with Crippen LogP contribution in [-0.2, 0) is 17.5 Å². The van der Waals surface area contributed by atoms with Crippen molar-refractivity contribution in [2.24, 2.45) is 7.05 Å². The van der Waals surface area contributed by atoms with Gasteiger partial charge < -0.3 is 10.1 Å². The van der Waals surface area contributed by atoms with Crippen LogP contribution in [0.1, 0.15) is 18.7 Å². The summed E-state index contributed by atoms with van der Waals surface area (Å²) in [6.45, 7) is 0.909. The number of nitrogens with one attached hydrogen (secondary N) is 1. The van der Waals surface area contributed by atoms with Gasteiger partial charge in [0.1, 0.15) is 11.6 Å². The zero-order valence-corrected chi connectivity index (χ0v) is 12.6. The van der Waals surface area contributed by atoms with Crippen molar-refractivity contribution >= 4 is 28.6 Å². The number of fused-ring (bicyclic) bond motifs is 1. The van der Waals surface area contributed by atoms with Gasteiger partial charge in [-0.2, -0.15) is 16.9 Å². The van der Waals surface area contributed by atoms with Crippen LogP contribution in [0.25, 0.3) is 11.0 Å². The first kappa shape index (κ1) is 13.6. The van der Waals surface area contributed by atoms with E-state index in [0.717, 1.165) is 40.8 Å². The van der Waals surface area contributed by atoms with Crippen molar-refractivity contribution < 1.29 is 4.74 Å². The summed E-state index contributed by atoms with van der Waals surface area (Å²) >= 11 is 1.83. The van der Waals surface area contributed by atoms with Crippen LogP contribution in [-0.4, -0.2) is 45.3 Å². The predicted octanol–water partition coefficient (Wildman–Crippen LogP) is 1.82. The van der Waals surface area contributed by atoms with Crippen molar-refractivity contribution in [1.82, 2.24) is 19.7 Å². The van der Waals surface area contributed by atoms with Gasteiger partial charge in [-0.25, -0.2) is 9.97 Å². The Morgan fingerprint density at radius 2 is 2.40 bits per heavy atom. The number of ether oxygens (including phenoxy) is 1. The molecular formula is C13H19N5OS. The van der Waals surface area contributed by atoms with Gasteiger partial charge in [0.25, 0.3) is 0 Å². The highest BCUT2D eigenvalue weighted by atomic mass is 32.2. The Bertz CT molecular complexity index is 594. The monoisotopic (exact) mass is 293 g/mol. The first-order valence-electron chi connectivity index (χ1n) is 6.83. The smallest absolute Gasteiger partial charge is 0.163 e. The third kappa shape index (κ3) is 2.73. The van der Waals surface area contributed by atoms with Gasteiger partial charge in [0.15, 0.2) is 5.65 Å². The van der Waals surface area contributed by atoms with Gasteiger partial charge in [-0.1, -0.05) is 0 Å². The molecule has 1 unspecified atom stereocenters. The number of thioether (sulfide) groups is 1. The molecule has 0 aliphatic carbocycles. The molecule has 6 nitrogen and oxygen atoms in total. The molecule has 1 N–H and O–H groups in total. The molecule has 1 fully saturated rings. The zero-order chi connectivity index (χ0) is 13.9. The lowest BCUT2D eigenvalue weighted by molar-refractivity contribution is 0.129. The average Bonchev–Trinajstić information content (AvgIpc) is 3.09. The van der Waals surface area contributed by atoms with Crippen molar-refractivity contribution in [3.63, 3.8) is 0 Å². The molecule has 7 heteroatoms. The number of hydrogen-bond donors (Lipinski definition) is 1. The van der Waals surface area contributed by atoms with E-state index in [1.54, 1.807) is 10.9 Å². The topological polar surface area (TPSA) is 64.9 Å². The van der Waals surface area contributed by atoms with Crippen LogP contribution in [0.3, 0.4) is 0 Å². The van der Waals surface area contributed by atoms with Crippen molar-refractivity contribution in [2.45, 2.75) is 24.7 Å². The minimum atomic E-state index is 0.407. The Kier molecular flexibility index (Phi) is 4.07. The average molecular weight is 293 g/mol. The quantitative estimate of drug-likeness (QED) is 0.907. The van der Waals surface area contributed by atoms with Crippen LogP contribution in [0.4, 0.5) is 5.82 Å². The molecular weight excluding hydrogens is 274 g/mol. The normalized spacial score (nSPS) is 18.8. The first-order chi connectivity index (χ1) is 9.78. The zero-order valence-electron chi connectivity index (χ0n) is 11.8. The molecule has 0 amide bonds. The van der Waals surface area contributed by atoms with E-state index in [1.165, 1.54) is 12.8 Å². The minimum absolute atomic E-state index is 0.407. The largest absolute Gasteiger partial charge is 0.377 e. The number of anilines is 1. The molecule has 1 atom stereocenters. The predicted molar refractivity (Wildman–Crippen MR) is 81.0 cm³/mol. The maximum atomic E-state index is 5.62. The van der Waals surface area contributed by atoms with Crippen molar-refractivity contribution in [2.75, 3.05) is 24.7 Å². The Morgan fingerprint density at radius 1 is 1.50 bits per heavy atom.